The van der Waals surface area contributed by atoms with Crippen LogP contribution < -0.4 is 11.1 Å². The van der Waals surface area contributed by atoms with Crippen molar-refractivity contribution >= 4 is 35.6 Å². The van der Waals surface area contributed by atoms with Crippen LogP contribution >= 0.6 is 24.0 Å². The highest BCUT2D eigenvalue weighted by Gasteiger charge is 2.24. The number of benzene rings is 1. The van der Waals surface area contributed by atoms with Crippen molar-refractivity contribution in [2.45, 2.75) is 18.9 Å². The Morgan fingerprint density at radius 2 is 2.11 bits per heavy atom. The molecule has 1 heterocycles. The first-order valence-electron chi connectivity index (χ1n) is 6.18. The maximum atomic E-state index is 11.9. The van der Waals surface area contributed by atoms with Gasteiger partial charge < -0.3 is 11.1 Å². The van der Waals surface area contributed by atoms with Gasteiger partial charge in [0.05, 0.1) is 6.54 Å². The second-order valence-corrected chi connectivity index (χ2v) is 4.99. The van der Waals surface area contributed by atoms with Crippen molar-refractivity contribution in [3.63, 3.8) is 0 Å². The molecule has 1 aromatic carbocycles. The van der Waals surface area contributed by atoms with E-state index in [1.54, 1.807) is 24.3 Å². The molecule has 1 aromatic rings. The van der Waals surface area contributed by atoms with Crippen molar-refractivity contribution in [1.82, 2.24) is 4.90 Å². The fraction of sp³-hybridized carbons (Fsp3) is 0.462. The van der Waals surface area contributed by atoms with E-state index in [0.29, 0.717) is 24.2 Å². The largest absolute Gasteiger partial charge is 0.329 e. The summed E-state index contributed by atoms with van der Waals surface area (Å²) in [5.41, 5.74) is 6.45. The molecule has 4 nitrogen and oxygen atoms in total. The average Bonchev–Trinajstić information content (AvgIpc) is 2.79. The molecule has 1 aliphatic heterocycles. The smallest absolute Gasteiger partial charge is 0.238 e. The molecular formula is C13H19Cl2N3O. The van der Waals surface area contributed by atoms with E-state index in [1.165, 1.54) is 0 Å². The van der Waals surface area contributed by atoms with Gasteiger partial charge in [0.2, 0.25) is 5.91 Å². The van der Waals surface area contributed by atoms with Gasteiger partial charge in [-0.3, -0.25) is 9.69 Å². The molecule has 2 rings (SSSR count). The Bertz CT molecular complexity index is 411. The first-order chi connectivity index (χ1) is 8.69. The zero-order chi connectivity index (χ0) is 13.0. The lowest BCUT2D eigenvalue weighted by Crippen LogP contribution is -2.40. The van der Waals surface area contributed by atoms with E-state index in [9.17, 15) is 4.79 Å². The second-order valence-electron chi connectivity index (χ2n) is 4.56. The number of carbonyl (C=O) groups excluding carboxylic acids is 1. The Hall–Kier alpha value is -0.810. The molecule has 1 aliphatic rings. The van der Waals surface area contributed by atoms with Crippen LogP contribution in [0.3, 0.4) is 0 Å². The monoisotopic (exact) mass is 303 g/mol. The normalized spacial score (nSPS) is 18.9. The molecule has 19 heavy (non-hydrogen) atoms. The van der Waals surface area contributed by atoms with E-state index >= 15 is 0 Å². The molecule has 0 spiro atoms. The molecule has 1 saturated heterocycles. The predicted octanol–water partition coefficient (Wildman–Crippen LogP) is 2.12. The standard InChI is InChI=1S/C13H18ClN3O.ClH/c14-10-3-5-11(6-4-10)16-13(18)9-17-7-1-2-12(17)8-15;/h3-6,12H,1-2,7-9,15H2,(H,16,18);1H. The number of hydrogen-bond acceptors (Lipinski definition) is 3. The van der Waals surface area contributed by atoms with E-state index in [2.05, 4.69) is 10.2 Å². The Morgan fingerprint density at radius 1 is 1.42 bits per heavy atom. The number of likely N-dealkylation sites (tertiary alicyclic amines) is 1. The van der Waals surface area contributed by atoms with Gasteiger partial charge in [0.15, 0.2) is 0 Å². The van der Waals surface area contributed by atoms with Gasteiger partial charge >= 0.3 is 0 Å². The second kappa shape index (κ2) is 7.70. The molecule has 0 bridgehead atoms. The lowest BCUT2D eigenvalue weighted by Gasteiger charge is -2.22. The maximum absolute atomic E-state index is 11.9. The van der Waals surface area contributed by atoms with Crippen LogP contribution in [-0.4, -0.2) is 36.5 Å². The molecule has 1 amide bonds. The first-order valence-corrected chi connectivity index (χ1v) is 6.56. The van der Waals surface area contributed by atoms with Crippen molar-refractivity contribution in [1.29, 1.82) is 0 Å². The fourth-order valence-electron chi connectivity index (χ4n) is 2.29. The molecule has 3 N–H and O–H groups in total. The number of nitrogens with zero attached hydrogens (tertiary/aromatic N) is 1. The summed E-state index contributed by atoms with van der Waals surface area (Å²) in [6.07, 6.45) is 2.21. The number of hydrogen-bond donors (Lipinski definition) is 2. The number of nitrogens with two attached hydrogens (primary N) is 1. The quantitative estimate of drug-likeness (QED) is 0.896. The number of anilines is 1. The third-order valence-corrected chi connectivity index (χ3v) is 3.50. The van der Waals surface area contributed by atoms with Crippen molar-refractivity contribution in [2.75, 3.05) is 25.0 Å². The van der Waals surface area contributed by atoms with E-state index in [4.69, 9.17) is 17.3 Å². The molecule has 106 valence electrons. The Labute approximate surface area is 124 Å². The van der Waals surface area contributed by atoms with Crippen LogP contribution in [0.4, 0.5) is 5.69 Å². The predicted molar refractivity (Wildman–Crippen MR) is 81.0 cm³/mol. The zero-order valence-corrected chi connectivity index (χ0v) is 12.2. The van der Waals surface area contributed by atoms with Gasteiger partial charge in [-0.1, -0.05) is 11.6 Å². The van der Waals surface area contributed by atoms with Crippen molar-refractivity contribution in [3.05, 3.63) is 29.3 Å². The van der Waals surface area contributed by atoms with E-state index < -0.39 is 0 Å². The van der Waals surface area contributed by atoms with Gasteiger partial charge in [-0.15, -0.1) is 12.4 Å². The van der Waals surface area contributed by atoms with Gasteiger partial charge in [-0.25, -0.2) is 0 Å². The highest BCUT2D eigenvalue weighted by Crippen LogP contribution is 2.16. The lowest BCUT2D eigenvalue weighted by molar-refractivity contribution is -0.117. The summed E-state index contributed by atoms with van der Waals surface area (Å²) in [6, 6.07) is 7.46. The zero-order valence-electron chi connectivity index (χ0n) is 10.6. The lowest BCUT2D eigenvalue weighted by atomic mass is 10.2. The molecule has 6 heteroatoms. The van der Waals surface area contributed by atoms with E-state index in [0.717, 1.165) is 25.1 Å². The van der Waals surface area contributed by atoms with Crippen LogP contribution in [0.2, 0.25) is 5.02 Å². The van der Waals surface area contributed by atoms with Gasteiger partial charge in [0, 0.05) is 23.3 Å². The third-order valence-electron chi connectivity index (χ3n) is 3.25. The SMILES string of the molecule is Cl.NCC1CCCN1CC(=O)Nc1ccc(Cl)cc1. The van der Waals surface area contributed by atoms with Crippen molar-refractivity contribution in [3.8, 4) is 0 Å². The number of rotatable bonds is 4. The summed E-state index contributed by atoms with van der Waals surface area (Å²) in [7, 11) is 0. The van der Waals surface area contributed by atoms with Crippen molar-refractivity contribution in [2.24, 2.45) is 5.73 Å². The molecule has 1 atom stereocenters. The van der Waals surface area contributed by atoms with Crippen LogP contribution in [0.1, 0.15) is 12.8 Å². The molecule has 0 radical (unpaired) electrons. The Kier molecular flexibility index (Phi) is 6.58. The first kappa shape index (κ1) is 16.2. The van der Waals surface area contributed by atoms with Crippen LogP contribution in [0, 0.1) is 0 Å². The molecule has 0 aromatic heterocycles. The highest BCUT2D eigenvalue weighted by molar-refractivity contribution is 6.30. The van der Waals surface area contributed by atoms with E-state index in [-0.39, 0.29) is 18.3 Å². The number of nitrogens with one attached hydrogen (secondary N) is 1. The summed E-state index contributed by atoms with van der Waals surface area (Å²) < 4.78 is 0. The Balaban J connectivity index is 0.00000180. The van der Waals surface area contributed by atoms with Gasteiger partial charge in [-0.05, 0) is 43.7 Å². The van der Waals surface area contributed by atoms with Crippen LogP contribution in [0.15, 0.2) is 24.3 Å². The summed E-state index contributed by atoms with van der Waals surface area (Å²) in [5.74, 6) is -0.00216. The van der Waals surface area contributed by atoms with Gasteiger partial charge in [0.1, 0.15) is 0 Å². The maximum Gasteiger partial charge on any atom is 0.238 e. The fourth-order valence-corrected chi connectivity index (χ4v) is 2.41. The van der Waals surface area contributed by atoms with Crippen LogP contribution in [-0.2, 0) is 4.79 Å². The third kappa shape index (κ3) is 4.66. The number of halogens is 2. The average molecular weight is 304 g/mol. The minimum absolute atomic E-state index is 0. The van der Waals surface area contributed by atoms with Gasteiger partial charge in [0.25, 0.3) is 0 Å². The minimum atomic E-state index is -0.00216. The molecule has 0 aliphatic carbocycles. The van der Waals surface area contributed by atoms with Gasteiger partial charge in [-0.2, -0.15) is 0 Å². The number of amides is 1. The van der Waals surface area contributed by atoms with Crippen LogP contribution in [0.25, 0.3) is 0 Å². The highest BCUT2D eigenvalue weighted by atomic mass is 35.5. The van der Waals surface area contributed by atoms with E-state index in [1.807, 2.05) is 0 Å². The molecular weight excluding hydrogens is 285 g/mol. The topological polar surface area (TPSA) is 58.4 Å². The van der Waals surface area contributed by atoms with Crippen LogP contribution in [0.5, 0.6) is 0 Å². The molecule has 1 fully saturated rings. The summed E-state index contributed by atoms with van der Waals surface area (Å²) in [4.78, 5) is 14.0. The minimum Gasteiger partial charge on any atom is -0.329 e. The number of carbonyl (C=O) groups is 1. The molecule has 1 unspecified atom stereocenters. The summed E-state index contributed by atoms with van der Waals surface area (Å²) in [5, 5.41) is 3.52. The Morgan fingerprint density at radius 3 is 2.74 bits per heavy atom. The van der Waals surface area contributed by atoms with Crippen molar-refractivity contribution < 1.29 is 4.79 Å². The summed E-state index contributed by atoms with van der Waals surface area (Å²) >= 11 is 5.79. The molecule has 0 saturated carbocycles. The summed E-state index contributed by atoms with van der Waals surface area (Å²) in [6.45, 7) is 1.98.